The van der Waals surface area contributed by atoms with Crippen LogP contribution in [-0.4, -0.2) is 13.2 Å². The molecule has 0 saturated carbocycles. The lowest BCUT2D eigenvalue weighted by Crippen LogP contribution is -2.06. The predicted molar refractivity (Wildman–Crippen MR) is 62.1 cm³/mol. The number of methoxy groups -OCH3 is 1. The molecule has 0 radical (unpaired) electrons. The van der Waals surface area contributed by atoms with Gasteiger partial charge in [-0.15, -0.1) is 0 Å². The van der Waals surface area contributed by atoms with Crippen LogP contribution in [0.3, 0.4) is 0 Å². The first-order valence-corrected chi connectivity index (χ1v) is 5.63. The fourth-order valence-corrected chi connectivity index (χ4v) is 1.64. The highest BCUT2D eigenvalue weighted by Gasteiger charge is 2.05. The summed E-state index contributed by atoms with van der Waals surface area (Å²) in [7, 11) is 0.431. The van der Waals surface area contributed by atoms with Gasteiger partial charge >= 0.3 is 0 Å². The molecule has 4 nitrogen and oxygen atoms in total. The number of ether oxygens (including phenoxy) is 1. The number of hydrogen-bond donors (Lipinski definition) is 1. The van der Waals surface area contributed by atoms with Crippen molar-refractivity contribution < 1.29 is 13.8 Å². The highest BCUT2D eigenvalue weighted by molar-refractivity contribution is 7.17. The quantitative estimate of drug-likeness (QED) is 0.618. The molecule has 0 spiro atoms. The van der Waals surface area contributed by atoms with Crippen molar-refractivity contribution in [2.75, 3.05) is 12.8 Å². The predicted octanol–water partition coefficient (Wildman–Crippen LogP) is 1.90. The van der Waals surface area contributed by atoms with Gasteiger partial charge in [0.1, 0.15) is 5.75 Å². The summed E-state index contributed by atoms with van der Waals surface area (Å²) in [4.78, 5) is 0. The monoisotopic (exact) mass is 229 g/mol. The van der Waals surface area contributed by atoms with Crippen molar-refractivity contribution in [2.24, 2.45) is 0 Å². The SMILES string of the molecule is COc1cc(CC(C)O[PH2]=O)ccc1N. The molecule has 5 heteroatoms. The first kappa shape index (κ1) is 12.1. The highest BCUT2D eigenvalue weighted by Crippen LogP contribution is 2.23. The molecule has 2 atom stereocenters. The molecular formula is C10H16NO3P. The lowest BCUT2D eigenvalue weighted by molar-refractivity contribution is 0.245. The Kier molecular flexibility index (Phi) is 4.66. The number of nitrogens with two attached hydrogens (primary N) is 1. The number of benzene rings is 1. The normalized spacial score (nSPS) is 13.2. The third kappa shape index (κ3) is 3.57. The maximum Gasteiger partial charge on any atom is 0.180 e. The number of hydrogen-bond acceptors (Lipinski definition) is 4. The van der Waals surface area contributed by atoms with Crippen LogP contribution in [-0.2, 0) is 15.5 Å². The molecule has 1 aromatic carbocycles. The zero-order valence-electron chi connectivity index (χ0n) is 8.90. The molecule has 1 rings (SSSR count). The molecule has 0 aliphatic rings. The van der Waals surface area contributed by atoms with E-state index in [0.717, 1.165) is 5.56 Å². The minimum atomic E-state index is -1.15. The summed E-state index contributed by atoms with van der Waals surface area (Å²) >= 11 is 0. The first-order valence-electron chi connectivity index (χ1n) is 4.69. The van der Waals surface area contributed by atoms with Crippen LogP contribution in [0.5, 0.6) is 5.75 Å². The Hall–Kier alpha value is -0.990. The Morgan fingerprint density at radius 1 is 1.53 bits per heavy atom. The van der Waals surface area contributed by atoms with E-state index in [0.29, 0.717) is 17.9 Å². The third-order valence-corrected chi connectivity index (χ3v) is 2.68. The van der Waals surface area contributed by atoms with Gasteiger partial charge in [0.05, 0.1) is 18.9 Å². The van der Waals surface area contributed by atoms with Crippen molar-refractivity contribution in [3.05, 3.63) is 23.8 Å². The van der Waals surface area contributed by atoms with Gasteiger partial charge in [-0.2, -0.15) is 0 Å². The smallest absolute Gasteiger partial charge is 0.180 e. The fraction of sp³-hybridized carbons (Fsp3) is 0.400. The molecule has 0 amide bonds. The zero-order valence-corrected chi connectivity index (χ0v) is 10.1. The Morgan fingerprint density at radius 2 is 2.27 bits per heavy atom. The van der Waals surface area contributed by atoms with Gasteiger partial charge < -0.3 is 15.0 Å². The van der Waals surface area contributed by atoms with Crippen LogP contribution in [0, 0.1) is 0 Å². The molecule has 1 aromatic rings. The second kappa shape index (κ2) is 5.79. The fourth-order valence-electron chi connectivity index (χ4n) is 1.36. The maximum absolute atomic E-state index is 10.3. The minimum absolute atomic E-state index is 0.0502. The molecule has 0 aliphatic carbocycles. The molecule has 0 bridgehead atoms. The van der Waals surface area contributed by atoms with E-state index in [9.17, 15) is 4.57 Å². The van der Waals surface area contributed by atoms with E-state index in [1.807, 2.05) is 19.1 Å². The van der Waals surface area contributed by atoms with E-state index in [1.165, 1.54) is 0 Å². The largest absolute Gasteiger partial charge is 0.495 e. The van der Waals surface area contributed by atoms with Gasteiger partial charge in [0.25, 0.3) is 0 Å². The summed E-state index contributed by atoms with van der Waals surface area (Å²) in [6.07, 6.45) is 0.650. The van der Waals surface area contributed by atoms with E-state index in [4.69, 9.17) is 15.0 Å². The summed E-state index contributed by atoms with van der Waals surface area (Å²) in [5.41, 5.74) is 7.36. The number of anilines is 1. The summed E-state index contributed by atoms with van der Waals surface area (Å²) < 4.78 is 20.4. The second-order valence-electron chi connectivity index (χ2n) is 3.32. The van der Waals surface area contributed by atoms with Gasteiger partial charge in [0, 0.05) is 0 Å². The molecular weight excluding hydrogens is 213 g/mol. The van der Waals surface area contributed by atoms with Crippen molar-refractivity contribution in [1.29, 1.82) is 0 Å². The summed E-state index contributed by atoms with van der Waals surface area (Å²) in [5, 5.41) is 0. The molecule has 84 valence electrons. The van der Waals surface area contributed by atoms with Crippen LogP contribution < -0.4 is 10.5 Å². The van der Waals surface area contributed by atoms with E-state index >= 15 is 0 Å². The van der Waals surface area contributed by atoms with E-state index in [-0.39, 0.29) is 6.10 Å². The van der Waals surface area contributed by atoms with Gasteiger partial charge in [-0.1, -0.05) is 6.07 Å². The number of rotatable bonds is 5. The Balaban J connectivity index is 2.73. The molecule has 15 heavy (non-hydrogen) atoms. The zero-order chi connectivity index (χ0) is 11.3. The van der Waals surface area contributed by atoms with Crippen LogP contribution >= 0.6 is 8.69 Å². The van der Waals surface area contributed by atoms with Crippen molar-refractivity contribution in [1.82, 2.24) is 0 Å². The average Bonchev–Trinajstić information content (AvgIpc) is 2.21. The van der Waals surface area contributed by atoms with Crippen LogP contribution in [0.25, 0.3) is 0 Å². The number of nitrogen functional groups attached to an aromatic ring is 1. The minimum Gasteiger partial charge on any atom is -0.495 e. The van der Waals surface area contributed by atoms with Crippen LogP contribution in [0.4, 0.5) is 5.69 Å². The van der Waals surface area contributed by atoms with Crippen molar-refractivity contribution in [3.8, 4) is 5.75 Å². The summed E-state index contributed by atoms with van der Waals surface area (Å²) in [6, 6.07) is 5.58. The van der Waals surface area contributed by atoms with Crippen molar-refractivity contribution in [3.63, 3.8) is 0 Å². The standard InChI is InChI=1S/C10H16NO3P/c1-7(14-15-12)5-8-3-4-9(11)10(6-8)13-2/h3-4,6-7H,5,11,15H2,1-2H3. The van der Waals surface area contributed by atoms with Gasteiger partial charge in [-0.05, 0) is 31.0 Å². The second-order valence-corrected chi connectivity index (χ2v) is 3.79. The Bertz CT molecular complexity index is 343. The highest BCUT2D eigenvalue weighted by atomic mass is 31.1. The van der Waals surface area contributed by atoms with E-state index in [2.05, 4.69) is 0 Å². The Morgan fingerprint density at radius 3 is 2.87 bits per heavy atom. The first-order chi connectivity index (χ1) is 7.17. The molecule has 0 fully saturated rings. The molecule has 2 N–H and O–H groups in total. The lowest BCUT2D eigenvalue weighted by atomic mass is 10.1. The maximum atomic E-state index is 10.3. The third-order valence-electron chi connectivity index (χ3n) is 2.11. The topological polar surface area (TPSA) is 61.5 Å². The molecule has 2 unspecified atom stereocenters. The Labute approximate surface area is 90.7 Å². The van der Waals surface area contributed by atoms with Gasteiger partial charge in [-0.25, -0.2) is 0 Å². The molecule has 0 saturated heterocycles. The molecule has 0 aromatic heterocycles. The van der Waals surface area contributed by atoms with Crippen molar-refractivity contribution >= 4 is 14.4 Å². The van der Waals surface area contributed by atoms with Crippen molar-refractivity contribution in [2.45, 2.75) is 19.4 Å². The molecule has 0 aliphatic heterocycles. The van der Waals surface area contributed by atoms with E-state index in [1.54, 1.807) is 13.2 Å². The van der Waals surface area contributed by atoms with Crippen LogP contribution in [0.1, 0.15) is 12.5 Å². The van der Waals surface area contributed by atoms with Gasteiger partial charge in [0.15, 0.2) is 8.69 Å². The average molecular weight is 229 g/mol. The molecule has 0 heterocycles. The van der Waals surface area contributed by atoms with E-state index < -0.39 is 8.69 Å². The van der Waals surface area contributed by atoms with Crippen LogP contribution in [0.2, 0.25) is 0 Å². The summed E-state index contributed by atoms with van der Waals surface area (Å²) in [6.45, 7) is 1.88. The van der Waals surface area contributed by atoms with Gasteiger partial charge in [0.2, 0.25) is 0 Å². The van der Waals surface area contributed by atoms with Crippen LogP contribution in [0.15, 0.2) is 18.2 Å². The van der Waals surface area contributed by atoms with Gasteiger partial charge in [-0.3, -0.25) is 4.57 Å². The summed E-state index contributed by atoms with van der Waals surface area (Å²) in [5.74, 6) is 0.661. The lowest BCUT2D eigenvalue weighted by Gasteiger charge is -2.11.